The number of carboxylic acid groups (broad SMARTS) is 1. The predicted molar refractivity (Wildman–Crippen MR) is 127 cm³/mol. The molecule has 0 aliphatic heterocycles. The van der Waals surface area contributed by atoms with E-state index in [0.29, 0.717) is 50.0 Å². The van der Waals surface area contributed by atoms with Gasteiger partial charge in [0.2, 0.25) is 11.8 Å². The van der Waals surface area contributed by atoms with Crippen LogP contribution < -0.4 is 10.1 Å². The van der Waals surface area contributed by atoms with Gasteiger partial charge in [-0.2, -0.15) is 0 Å². The summed E-state index contributed by atoms with van der Waals surface area (Å²) < 4.78 is 11.9. The van der Waals surface area contributed by atoms with E-state index in [0.717, 1.165) is 41.0 Å². The van der Waals surface area contributed by atoms with Gasteiger partial charge in [-0.25, -0.2) is 4.98 Å². The Bertz CT molecular complexity index is 1140. The molecule has 1 saturated carbocycles. The number of nitrogens with zero attached hydrogens (tertiary/aromatic N) is 1. The Hall–Kier alpha value is -3.61. The van der Waals surface area contributed by atoms with Crippen LogP contribution in [0.4, 0.5) is 0 Å². The molecule has 0 atom stereocenters. The molecule has 1 aromatic heterocycles. The number of carbonyl (C=O) groups excluding carboxylic acids is 1. The zero-order chi connectivity index (χ0) is 23.9. The molecule has 7 heteroatoms. The summed E-state index contributed by atoms with van der Waals surface area (Å²) in [7, 11) is 0. The summed E-state index contributed by atoms with van der Waals surface area (Å²) in [5.74, 6) is 1.75. The molecule has 178 valence electrons. The van der Waals surface area contributed by atoms with Crippen LogP contribution in [0.15, 0.2) is 52.9 Å². The molecule has 0 spiro atoms. The molecule has 7 nitrogen and oxygen atoms in total. The van der Waals surface area contributed by atoms with Gasteiger partial charge in [0.25, 0.3) is 0 Å². The SMILES string of the molecule is Cc1oc(-c2ccccc2)nc1CCOc1ccc(CCC(=O)O)cc1CNC(=O)CC1CC1. The van der Waals surface area contributed by atoms with Crippen molar-refractivity contribution in [3.8, 4) is 17.2 Å². The van der Waals surface area contributed by atoms with Gasteiger partial charge >= 0.3 is 5.97 Å². The number of aliphatic carboxylic acids is 1. The first kappa shape index (κ1) is 23.5. The first-order chi connectivity index (χ1) is 16.5. The number of ether oxygens (including phenoxy) is 1. The second-order valence-corrected chi connectivity index (χ2v) is 8.75. The molecule has 1 fully saturated rings. The maximum atomic E-state index is 12.2. The number of oxazole rings is 1. The number of nitrogens with one attached hydrogen (secondary N) is 1. The average molecular weight is 463 g/mol. The Morgan fingerprint density at radius 1 is 1.15 bits per heavy atom. The van der Waals surface area contributed by atoms with Crippen LogP contribution in [-0.4, -0.2) is 28.6 Å². The minimum atomic E-state index is -0.836. The minimum absolute atomic E-state index is 0.0380. The number of rotatable bonds is 12. The summed E-state index contributed by atoms with van der Waals surface area (Å²) in [6, 6.07) is 15.4. The van der Waals surface area contributed by atoms with Crippen LogP contribution in [0.2, 0.25) is 0 Å². The molecule has 0 unspecified atom stereocenters. The highest BCUT2D eigenvalue weighted by molar-refractivity contribution is 5.76. The molecule has 1 amide bonds. The van der Waals surface area contributed by atoms with E-state index < -0.39 is 5.97 Å². The van der Waals surface area contributed by atoms with Crippen molar-refractivity contribution in [2.75, 3.05) is 6.61 Å². The van der Waals surface area contributed by atoms with E-state index in [1.165, 1.54) is 0 Å². The fourth-order valence-electron chi connectivity index (χ4n) is 3.79. The van der Waals surface area contributed by atoms with Crippen LogP contribution in [0.5, 0.6) is 5.75 Å². The van der Waals surface area contributed by atoms with Crippen LogP contribution in [0, 0.1) is 12.8 Å². The Balaban J connectivity index is 1.40. The van der Waals surface area contributed by atoms with Crippen LogP contribution in [0.25, 0.3) is 11.5 Å². The summed E-state index contributed by atoms with van der Waals surface area (Å²) >= 11 is 0. The molecule has 4 rings (SSSR count). The molecule has 0 saturated heterocycles. The Kier molecular flexibility index (Phi) is 7.62. The van der Waals surface area contributed by atoms with Gasteiger partial charge in [0, 0.05) is 36.9 Å². The van der Waals surface area contributed by atoms with E-state index in [9.17, 15) is 9.59 Å². The van der Waals surface area contributed by atoms with Gasteiger partial charge < -0.3 is 19.6 Å². The number of hydrogen-bond acceptors (Lipinski definition) is 5. The van der Waals surface area contributed by atoms with E-state index in [1.807, 2.05) is 55.5 Å². The number of carbonyl (C=O) groups is 2. The monoisotopic (exact) mass is 462 g/mol. The Morgan fingerprint density at radius 2 is 1.94 bits per heavy atom. The number of amides is 1. The fourth-order valence-corrected chi connectivity index (χ4v) is 3.79. The van der Waals surface area contributed by atoms with Crippen molar-refractivity contribution in [1.82, 2.24) is 10.3 Å². The molecule has 2 N–H and O–H groups in total. The van der Waals surface area contributed by atoms with E-state index >= 15 is 0 Å². The zero-order valence-corrected chi connectivity index (χ0v) is 19.4. The molecule has 1 aliphatic carbocycles. The molecule has 2 aromatic carbocycles. The normalized spacial score (nSPS) is 13.0. The van der Waals surface area contributed by atoms with Gasteiger partial charge in [-0.1, -0.05) is 30.3 Å². The third kappa shape index (κ3) is 6.70. The van der Waals surface area contributed by atoms with Crippen molar-refractivity contribution in [3.63, 3.8) is 0 Å². The molecule has 1 heterocycles. The Labute approximate surface area is 199 Å². The molecule has 0 bridgehead atoms. The third-order valence-corrected chi connectivity index (χ3v) is 5.91. The predicted octanol–water partition coefficient (Wildman–Crippen LogP) is 4.71. The average Bonchev–Trinajstić information content (AvgIpc) is 3.57. The van der Waals surface area contributed by atoms with E-state index in [-0.39, 0.29) is 12.3 Å². The maximum Gasteiger partial charge on any atom is 0.303 e. The zero-order valence-electron chi connectivity index (χ0n) is 19.4. The fraction of sp³-hybridized carbons (Fsp3) is 0.370. The van der Waals surface area contributed by atoms with Crippen LogP contribution >= 0.6 is 0 Å². The van der Waals surface area contributed by atoms with Crippen molar-refractivity contribution in [2.24, 2.45) is 5.92 Å². The van der Waals surface area contributed by atoms with Gasteiger partial charge in [0.05, 0.1) is 12.3 Å². The standard InChI is InChI=1S/C27H30N2O5/c1-18-23(29-27(34-18)21-5-3-2-4-6-21)13-14-33-24-11-9-19(10-12-26(31)32)15-22(24)17-28-25(30)16-20-7-8-20/h2-6,9,11,15,20H,7-8,10,12-14,16-17H2,1H3,(H,28,30)(H,31,32). The first-order valence-corrected chi connectivity index (χ1v) is 11.7. The molecule has 1 aliphatic rings. The molecular weight excluding hydrogens is 432 g/mol. The number of benzene rings is 2. The van der Waals surface area contributed by atoms with Crippen LogP contribution in [-0.2, 0) is 29.0 Å². The molecule has 3 aromatic rings. The summed E-state index contributed by atoms with van der Waals surface area (Å²) in [4.78, 5) is 27.8. The highest BCUT2D eigenvalue weighted by atomic mass is 16.5. The lowest BCUT2D eigenvalue weighted by atomic mass is 10.1. The van der Waals surface area contributed by atoms with Crippen molar-refractivity contribution in [3.05, 3.63) is 71.1 Å². The minimum Gasteiger partial charge on any atom is -0.493 e. The Morgan fingerprint density at radius 3 is 2.68 bits per heavy atom. The van der Waals surface area contributed by atoms with Crippen molar-refractivity contribution < 1.29 is 23.8 Å². The molecule has 0 radical (unpaired) electrons. The maximum absolute atomic E-state index is 12.2. The summed E-state index contributed by atoms with van der Waals surface area (Å²) in [5.41, 5.74) is 3.52. The highest BCUT2D eigenvalue weighted by Gasteiger charge is 2.24. The second-order valence-electron chi connectivity index (χ2n) is 8.75. The lowest BCUT2D eigenvalue weighted by molar-refractivity contribution is -0.137. The van der Waals surface area contributed by atoms with Crippen molar-refractivity contribution in [1.29, 1.82) is 0 Å². The van der Waals surface area contributed by atoms with E-state index in [2.05, 4.69) is 10.3 Å². The van der Waals surface area contributed by atoms with Crippen LogP contribution in [0.1, 0.15) is 48.3 Å². The summed E-state index contributed by atoms with van der Waals surface area (Å²) in [6.45, 7) is 2.65. The lowest BCUT2D eigenvalue weighted by Crippen LogP contribution is -2.23. The lowest BCUT2D eigenvalue weighted by Gasteiger charge is -2.14. The quantitative estimate of drug-likeness (QED) is 0.404. The number of carboxylic acids is 1. The van der Waals surface area contributed by atoms with Gasteiger partial charge in [-0.05, 0) is 55.9 Å². The number of aryl methyl sites for hydroxylation is 2. The van der Waals surface area contributed by atoms with Gasteiger partial charge in [-0.15, -0.1) is 0 Å². The number of hydrogen-bond donors (Lipinski definition) is 2. The van der Waals surface area contributed by atoms with E-state index in [4.69, 9.17) is 14.3 Å². The van der Waals surface area contributed by atoms with Gasteiger partial charge in [0.1, 0.15) is 11.5 Å². The van der Waals surface area contributed by atoms with Crippen molar-refractivity contribution >= 4 is 11.9 Å². The summed E-state index contributed by atoms with van der Waals surface area (Å²) in [6.07, 6.45) is 3.88. The van der Waals surface area contributed by atoms with Crippen molar-refractivity contribution in [2.45, 2.75) is 52.0 Å². The molecule has 34 heavy (non-hydrogen) atoms. The van der Waals surface area contributed by atoms with Crippen LogP contribution in [0.3, 0.4) is 0 Å². The van der Waals surface area contributed by atoms with Gasteiger partial charge in [-0.3, -0.25) is 9.59 Å². The third-order valence-electron chi connectivity index (χ3n) is 5.91. The smallest absolute Gasteiger partial charge is 0.303 e. The summed E-state index contributed by atoms with van der Waals surface area (Å²) in [5, 5.41) is 12.0. The second kappa shape index (κ2) is 11.0. The highest BCUT2D eigenvalue weighted by Crippen LogP contribution is 2.32. The largest absolute Gasteiger partial charge is 0.493 e. The van der Waals surface area contributed by atoms with E-state index in [1.54, 1.807) is 0 Å². The van der Waals surface area contributed by atoms with Gasteiger partial charge in [0.15, 0.2) is 0 Å². The number of aromatic nitrogens is 1. The molecular formula is C27H30N2O5. The topological polar surface area (TPSA) is 102 Å². The first-order valence-electron chi connectivity index (χ1n) is 11.7.